The summed E-state index contributed by atoms with van der Waals surface area (Å²) in [6.45, 7) is 4.14. The lowest BCUT2D eigenvalue weighted by Crippen LogP contribution is -2.32. The summed E-state index contributed by atoms with van der Waals surface area (Å²) in [6.07, 6.45) is 0.645. The minimum absolute atomic E-state index is 0.0162. The average Bonchev–Trinajstić information content (AvgIpc) is 2.29. The predicted molar refractivity (Wildman–Crippen MR) is 72.8 cm³/mol. The highest BCUT2D eigenvalue weighted by molar-refractivity contribution is 7.92. The van der Waals surface area contributed by atoms with Crippen molar-refractivity contribution in [3.05, 3.63) is 29.8 Å². The molecule has 0 atom stereocenters. The van der Waals surface area contributed by atoms with E-state index in [1.54, 1.807) is 6.07 Å². The second kappa shape index (κ2) is 6.41. The van der Waals surface area contributed by atoms with Crippen molar-refractivity contribution in [1.82, 2.24) is 0 Å². The molecular formula is C13H18N2O2S. The molecule has 1 rings (SSSR count). The van der Waals surface area contributed by atoms with Crippen molar-refractivity contribution in [2.75, 3.05) is 16.6 Å². The van der Waals surface area contributed by atoms with Crippen LogP contribution in [0.4, 0.5) is 5.69 Å². The third-order valence-electron chi connectivity index (χ3n) is 2.60. The molecule has 0 heterocycles. The molecule has 1 aromatic rings. The second-order valence-electron chi connectivity index (χ2n) is 4.08. The standard InChI is InChI=1S/C13H18N2O2S/c1-3-15(13-8-6-7-12(2)11-13)18(16,17)10-5-4-9-14/h6-8,11H,3-5,10H2,1-2H3. The summed E-state index contributed by atoms with van der Waals surface area (Å²) in [5.41, 5.74) is 1.72. The molecule has 5 heteroatoms. The summed E-state index contributed by atoms with van der Waals surface area (Å²) in [5.74, 6) is 0.0162. The molecule has 0 spiro atoms. The molecule has 18 heavy (non-hydrogen) atoms. The van der Waals surface area contributed by atoms with Gasteiger partial charge in [0.1, 0.15) is 0 Å². The topological polar surface area (TPSA) is 61.2 Å². The van der Waals surface area contributed by atoms with Crippen molar-refractivity contribution >= 4 is 15.7 Å². The van der Waals surface area contributed by atoms with Crippen LogP contribution in [0.3, 0.4) is 0 Å². The highest BCUT2D eigenvalue weighted by Gasteiger charge is 2.20. The molecule has 0 unspecified atom stereocenters. The van der Waals surface area contributed by atoms with Crippen molar-refractivity contribution in [3.63, 3.8) is 0 Å². The summed E-state index contributed by atoms with van der Waals surface area (Å²) in [7, 11) is -3.33. The number of sulfonamides is 1. The zero-order valence-electron chi connectivity index (χ0n) is 10.8. The number of nitrogens with zero attached hydrogens (tertiary/aromatic N) is 2. The Morgan fingerprint density at radius 3 is 2.67 bits per heavy atom. The fraction of sp³-hybridized carbons (Fsp3) is 0.462. The molecule has 0 aliphatic carbocycles. The number of nitriles is 1. The van der Waals surface area contributed by atoms with E-state index in [9.17, 15) is 8.42 Å². The first-order valence-corrected chi connectivity index (χ1v) is 7.56. The Kier molecular flexibility index (Phi) is 5.17. The van der Waals surface area contributed by atoms with E-state index in [2.05, 4.69) is 0 Å². The lowest BCUT2D eigenvalue weighted by molar-refractivity contribution is 0.589. The van der Waals surface area contributed by atoms with Gasteiger partial charge >= 0.3 is 0 Å². The summed E-state index contributed by atoms with van der Waals surface area (Å²) >= 11 is 0. The molecule has 4 nitrogen and oxygen atoms in total. The fourth-order valence-electron chi connectivity index (χ4n) is 1.77. The zero-order valence-corrected chi connectivity index (χ0v) is 11.6. The van der Waals surface area contributed by atoms with Crippen LogP contribution < -0.4 is 4.31 Å². The van der Waals surface area contributed by atoms with E-state index >= 15 is 0 Å². The smallest absolute Gasteiger partial charge is 0.235 e. The van der Waals surface area contributed by atoms with E-state index in [1.165, 1.54) is 4.31 Å². The third kappa shape index (κ3) is 3.74. The van der Waals surface area contributed by atoms with Gasteiger partial charge in [0.25, 0.3) is 0 Å². The van der Waals surface area contributed by atoms with Gasteiger partial charge < -0.3 is 0 Å². The molecule has 0 saturated heterocycles. The summed E-state index contributed by atoms with van der Waals surface area (Å²) < 4.78 is 25.7. The van der Waals surface area contributed by atoms with Crippen molar-refractivity contribution < 1.29 is 8.42 Å². The quantitative estimate of drug-likeness (QED) is 0.743. The van der Waals surface area contributed by atoms with Crippen LogP contribution in [-0.4, -0.2) is 20.7 Å². The van der Waals surface area contributed by atoms with E-state index in [0.29, 0.717) is 18.7 Å². The maximum Gasteiger partial charge on any atom is 0.235 e. The Balaban J connectivity index is 2.93. The zero-order chi connectivity index (χ0) is 13.6. The Labute approximate surface area is 109 Å². The number of anilines is 1. The summed E-state index contributed by atoms with van der Waals surface area (Å²) in [6, 6.07) is 9.38. The molecule has 0 amide bonds. The normalized spacial score (nSPS) is 10.9. The molecule has 0 aliphatic rings. The number of hydrogen-bond donors (Lipinski definition) is 0. The minimum Gasteiger partial charge on any atom is -0.271 e. The lowest BCUT2D eigenvalue weighted by atomic mass is 10.2. The maximum atomic E-state index is 12.2. The fourth-order valence-corrected chi connectivity index (χ4v) is 3.32. The van der Waals surface area contributed by atoms with Gasteiger partial charge in [0.05, 0.1) is 17.5 Å². The Morgan fingerprint density at radius 1 is 1.39 bits per heavy atom. The van der Waals surface area contributed by atoms with Crippen LogP contribution in [0.25, 0.3) is 0 Å². The van der Waals surface area contributed by atoms with Gasteiger partial charge in [-0.15, -0.1) is 0 Å². The van der Waals surface area contributed by atoms with E-state index in [0.717, 1.165) is 5.56 Å². The largest absolute Gasteiger partial charge is 0.271 e. The first-order chi connectivity index (χ1) is 8.51. The molecule has 0 radical (unpaired) electrons. The monoisotopic (exact) mass is 266 g/mol. The van der Waals surface area contributed by atoms with E-state index in [1.807, 2.05) is 38.1 Å². The lowest BCUT2D eigenvalue weighted by Gasteiger charge is -2.23. The SMILES string of the molecule is CCN(c1cccc(C)c1)S(=O)(=O)CCCC#N. The molecule has 1 aromatic carbocycles. The highest BCUT2D eigenvalue weighted by Crippen LogP contribution is 2.20. The number of unbranched alkanes of at least 4 members (excludes halogenated alkanes) is 1. The summed E-state index contributed by atoms with van der Waals surface area (Å²) in [5, 5.41) is 8.45. The van der Waals surface area contributed by atoms with Gasteiger partial charge in [0.2, 0.25) is 10.0 Å². The molecule has 0 saturated carbocycles. The molecule has 0 bridgehead atoms. The van der Waals surface area contributed by atoms with Gasteiger partial charge in [0.15, 0.2) is 0 Å². The van der Waals surface area contributed by atoms with Gasteiger partial charge in [0, 0.05) is 13.0 Å². The van der Waals surface area contributed by atoms with Crippen LogP contribution in [0, 0.1) is 18.3 Å². The summed E-state index contributed by atoms with van der Waals surface area (Å²) in [4.78, 5) is 0. The molecule has 0 fully saturated rings. The first-order valence-electron chi connectivity index (χ1n) is 5.95. The number of benzene rings is 1. The van der Waals surface area contributed by atoms with Gasteiger partial charge in [-0.25, -0.2) is 8.42 Å². The molecular weight excluding hydrogens is 248 g/mol. The van der Waals surface area contributed by atoms with Crippen molar-refractivity contribution in [2.24, 2.45) is 0 Å². The van der Waals surface area contributed by atoms with E-state index in [-0.39, 0.29) is 12.2 Å². The predicted octanol–water partition coefficient (Wildman–Crippen LogP) is 2.45. The second-order valence-corrected chi connectivity index (χ2v) is 6.09. The number of hydrogen-bond acceptors (Lipinski definition) is 3. The van der Waals surface area contributed by atoms with Crippen molar-refractivity contribution in [3.8, 4) is 6.07 Å². The average molecular weight is 266 g/mol. The van der Waals surface area contributed by atoms with Gasteiger partial charge in [-0.05, 0) is 38.0 Å². The van der Waals surface area contributed by atoms with Crippen molar-refractivity contribution in [1.29, 1.82) is 5.26 Å². The van der Waals surface area contributed by atoms with Crippen LogP contribution in [0.15, 0.2) is 24.3 Å². The van der Waals surface area contributed by atoms with Crippen LogP contribution in [0.2, 0.25) is 0 Å². The van der Waals surface area contributed by atoms with Crippen LogP contribution >= 0.6 is 0 Å². The van der Waals surface area contributed by atoms with Gasteiger partial charge in [-0.1, -0.05) is 12.1 Å². The first kappa shape index (κ1) is 14.5. The maximum absolute atomic E-state index is 12.2. The third-order valence-corrected chi connectivity index (χ3v) is 4.55. The van der Waals surface area contributed by atoms with Gasteiger partial charge in [-0.3, -0.25) is 4.31 Å². The highest BCUT2D eigenvalue weighted by atomic mass is 32.2. The van der Waals surface area contributed by atoms with E-state index in [4.69, 9.17) is 5.26 Å². The van der Waals surface area contributed by atoms with E-state index < -0.39 is 10.0 Å². The van der Waals surface area contributed by atoms with Crippen LogP contribution in [-0.2, 0) is 10.0 Å². The Hall–Kier alpha value is -1.54. The molecule has 0 N–H and O–H groups in total. The van der Waals surface area contributed by atoms with Gasteiger partial charge in [-0.2, -0.15) is 5.26 Å². The minimum atomic E-state index is -3.33. The van der Waals surface area contributed by atoms with Crippen LogP contribution in [0.1, 0.15) is 25.3 Å². The number of rotatable bonds is 6. The Bertz CT molecular complexity index is 532. The van der Waals surface area contributed by atoms with Crippen LogP contribution in [0.5, 0.6) is 0 Å². The Morgan fingerprint density at radius 2 is 2.11 bits per heavy atom. The molecule has 0 aromatic heterocycles. The molecule has 98 valence electrons. The van der Waals surface area contributed by atoms with Crippen molar-refractivity contribution in [2.45, 2.75) is 26.7 Å². The molecule has 0 aliphatic heterocycles. The number of aryl methyl sites for hydroxylation is 1.